The van der Waals surface area contributed by atoms with Crippen LogP contribution in [0.1, 0.15) is 24.1 Å². The van der Waals surface area contributed by atoms with E-state index in [1.54, 1.807) is 10.8 Å². The van der Waals surface area contributed by atoms with Gasteiger partial charge in [-0.2, -0.15) is 0 Å². The molecule has 1 fully saturated rings. The summed E-state index contributed by atoms with van der Waals surface area (Å²) in [6.45, 7) is 3.31. The lowest BCUT2D eigenvalue weighted by atomic mass is 10.2. The van der Waals surface area contributed by atoms with Gasteiger partial charge in [0.05, 0.1) is 5.52 Å². The summed E-state index contributed by atoms with van der Waals surface area (Å²) >= 11 is 0. The van der Waals surface area contributed by atoms with Crippen LogP contribution in [0.15, 0.2) is 36.5 Å². The van der Waals surface area contributed by atoms with Crippen LogP contribution in [0.3, 0.4) is 0 Å². The molecule has 1 aromatic heterocycles. The molecule has 0 bridgehead atoms. The Kier molecular flexibility index (Phi) is 4.53. The largest absolute Gasteiger partial charge is 0.341 e. The molecule has 116 valence electrons. The number of hydrogen-bond donors (Lipinski definition) is 1. The van der Waals surface area contributed by atoms with Gasteiger partial charge in [0.2, 0.25) is 11.8 Å². The van der Waals surface area contributed by atoms with Crippen molar-refractivity contribution in [2.24, 2.45) is 0 Å². The summed E-state index contributed by atoms with van der Waals surface area (Å²) in [5.74, 6) is 0.0519. The highest BCUT2D eigenvalue weighted by atomic mass is 16.2. The number of para-hydroxylation sites is 1. The Balaban J connectivity index is 1.61. The zero-order chi connectivity index (χ0) is 15.4. The van der Waals surface area contributed by atoms with E-state index in [9.17, 15) is 9.59 Å². The number of nitrogens with zero attached hydrogens (tertiary/aromatic N) is 2. The van der Waals surface area contributed by atoms with E-state index in [0.717, 1.165) is 43.5 Å². The number of carbonyl (C=O) groups is 2. The lowest BCUT2D eigenvalue weighted by Crippen LogP contribution is -2.34. The van der Waals surface area contributed by atoms with Gasteiger partial charge in [-0.3, -0.25) is 14.2 Å². The quantitative estimate of drug-likeness (QED) is 0.941. The molecule has 1 aliphatic rings. The third-order valence-electron chi connectivity index (χ3n) is 4.11. The van der Waals surface area contributed by atoms with Crippen LogP contribution in [0.25, 0.3) is 10.9 Å². The van der Waals surface area contributed by atoms with E-state index >= 15 is 0 Å². The van der Waals surface area contributed by atoms with Crippen molar-refractivity contribution in [2.45, 2.75) is 19.3 Å². The maximum Gasteiger partial charge on any atom is 0.231 e. The van der Waals surface area contributed by atoms with Gasteiger partial charge in [-0.15, -0.1) is 0 Å². The molecule has 5 nitrogen and oxygen atoms in total. The average molecular weight is 299 g/mol. The van der Waals surface area contributed by atoms with E-state index in [-0.39, 0.29) is 24.7 Å². The fourth-order valence-corrected chi connectivity index (χ4v) is 2.89. The van der Waals surface area contributed by atoms with Gasteiger partial charge in [-0.1, -0.05) is 18.2 Å². The monoisotopic (exact) mass is 299 g/mol. The van der Waals surface area contributed by atoms with Crippen molar-refractivity contribution in [3.05, 3.63) is 36.5 Å². The van der Waals surface area contributed by atoms with Gasteiger partial charge >= 0.3 is 0 Å². The van der Waals surface area contributed by atoms with Gasteiger partial charge in [0.25, 0.3) is 0 Å². The summed E-state index contributed by atoms with van der Waals surface area (Å²) in [6, 6.07) is 9.70. The third-order valence-corrected chi connectivity index (χ3v) is 4.11. The Hall–Kier alpha value is -2.14. The molecule has 0 aliphatic carbocycles. The minimum atomic E-state index is -0.0255. The Morgan fingerprint density at radius 3 is 2.73 bits per heavy atom. The van der Waals surface area contributed by atoms with Crippen molar-refractivity contribution in [3.8, 4) is 0 Å². The first kappa shape index (κ1) is 14.8. The van der Waals surface area contributed by atoms with Crippen LogP contribution in [0.4, 0.5) is 0 Å². The molecule has 1 aliphatic heterocycles. The van der Waals surface area contributed by atoms with E-state index in [1.165, 1.54) is 0 Å². The van der Waals surface area contributed by atoms with Gasteiger partial charge in [0.1, 0.15) is 0 Å². The fourth-order valence-electron chi connectivity index (χ4n) is 2.89. The van der Waals surface area contributed by atoms with Crippen LogP contribution in [-0.4, -0.2) is 47.5 Å². The molecule has 0 radical (unpaired) electrons. The number of benzene rings is 1. The van der Waals surface area contributed by atoms with E-state index in [2.05, 4.69) is 5.32 Å². The van der Waals surface area contributed by atoms with Gasteiger partial charge in [-0.25, -0.2) is 0 Å². The predicted octanol–water partition coefficient (Wildman–Crippen LogP) is 1.88. The summed E-state index contributed by atoms with van der Waals surface area (Å²) in [5, 5.41) is 4.32. The third kappa shape index (κ3) is 3.20. The van der Waals surface area contributed by atoms with Gasteiger partial charge in [-0.05, 0) is 25.1 Å². The molecule has 3 rings (SSSR count). The number of aromatic nitrogens is 1. The summed E-state index contributed by atoms with van der Waals surface area (Å²) in [7, 11) is 0. The SMILES string of the molecule is O=C(CCC(=O)n1ccc2ccccc21)N1CCCNCC1. The molecule has 1 N–H and O–H groups in total. The van der Waals surface area contributed by atoms with Crippen LogP contribution in [0.2, 0.25) is 0 Å². The number of fused-ring (bicyclic) bond motifs is 1. The summed E-state index contributed by atoms with van der Waals surface area (Å²) in [6.07, 6.45) is 3.29. The molecule has 0 spiro atoms. The normalized spacial score (nSPS) is 15.7. The Bertz CT molecular complexity index is 669. The van der Waals surface area contributed by atoms with Crippen molar-refractivity contribution in [1.29, 1.82) is 0 Å². The fraction of sp³-hybridized carbons (Fsp3) is 0.412. The average Bonchev–Trinajstić information content (AvgIpc) is 2.78. The van der Waals surface area contributed by atoms with Crippen molar-refractivity contribution in [1.82, 2.24) is 14.8 Å². The molecular weight excluding hydrogens is 278 g/mol. The predicted molar refractivity (Wildman–Crippen MR) is 85.9 cm³/mol. The Labute approximate surface area is 129 Å². The van der Waals surface area contributed by atoms with Crippen molar-refractivity contribution >= 4 is 22.7 Å². The molecule has 2 heterocycles. The highest BCUT2D eigenvalue weighted by Gasteiger charge is 2.17. The van der Waals surface area contributed by atoms with Crippen LogP contribution in [-0.2, 0) is 4.79 Å². The van der Waals surface area contributed by atoms with Gasteiger partial charge in [0, 0.05) is 44.1 Å². The van der Waals surface area contributed by atoms with Crippen LogP contribution >= 0.6 is 0 Å². The lowest BCUT2D eigenvalue weighted by molar-refractivity contribution is -0.131. The molecule has 1 amide bonds. The lowest BCUT2D eigenvalue weighted by Gasteiger charge is -2.19. The molecular formula is C17H21N3O2. The van der Waals surface area contributed by atoms with Crippen LogP contribution in [0, 0.1) is 0 Å². The zero-order valence-corrected chi connectivity index (χ0v) is 12.6. The minimum absolute atomic E-state index is 0.0255. The first-order valence-electron chi connectivity index (χ1n) is 7.83. The van der Waals surface area contributed by atoms with Gasteiger partial charge in [0.15, 0.2) is 0 Å². The number of hydrogen-bond acceptors (Lipinski definition) is 3. The minimum Gasteiger partial charge on any atom is -0.341 e. The number of rotatable bonds is 3. The zero-order valence-electron chi connectivity index (χ0n) is 12.6. The molecule has 1 saturated heterocycles. The van der Waals surface area contributed by atoms with Crippen molar-refractivity contribution in [2.75, 3.05) is 26.2 Å². The van der Waals surface area contributed by atoms with Crippen LogP contribution in [0.5, 0.6) is 0 Å². The molecule has 1 aromatic carbocycles. The topological polar surface area (TPSA) is 54.3 Å². The second-order valence-corrected chi connectivity index (χ2v) is 5.62. The van der Waals surface area contributed by atoms with E-state index in [0.29, 0.717) is 0 Å². The van der Waals surface area contributed by atoms with Crippen LogP contribution < -0.4 is 5.32 Å². The Morgan fingerprint density at radius 1 is 1.00 bits per heavy atom. The van der Waals surface area contributed by atoms with E-state index in [4.69, 9.17) is 0 Å². The number of amides is 1. The highest BCUT2D eigenvalue weighted by molar-refractivity contribution is 5.93. The highest BCUT2D eigenvalue weighted by Crippen LogP contribution is 2.16. The molecule has 22 heavy (non-hydrogen) atoms. The molecule has 0 unspecified atom stereocenters. The first-order valence-corrected chi connectivity index (χ1v) is 7.83. The molecule has 5 heteroatoms. The summed E-state index contributed by atoms with van der Waals surface area (Å²) in [5.41, 5.74) is 0.902. The molecule has 0 saturated carbocycles. The second-order valence-electron chi connectivity index (χ2n) is 5.62. The number of nitrogens with one attached hydrogen (secondary N) is 1. The maximum absolute atomic E-state index is 12.4. The summed E-state index contributed by atoms with van der Waals surface area (Å²) < 4.78 is 1.65. The second kappa shape index (κ2) is 6.75. The Morgan fingerprint density at radius 2 is 1.82 bits per heavy atom. The molecule has 0 atom stereocenters. The van der Waals surface area contributed by atoms with Gasteiger partial charge < -0.3 is 10.2 Å². The maximum atomic E-state index is 12.4. The standard InChI is InChI=1S/C17H21N3O2/c21-16(19-11-3-9-18-10-13-19)6-7-17(22)20-12-8-14-4-1-2-5-15(14)20/h1-2,4-5,8,12,18H,3,6-7,9-11,13H2. The first-order chi connectivity index (χ1) is 10.8. The van der Waals surface area contributed by atoms with Crippen molar-refractivity contribution in [3.63, 3.8) is 0 Å². The van der Waals surface area contributed by atoms with E-state index in [1.807, 2.05) is 35.2 Å². The van der Waals surface area contributed by atoms with Crippen molar-refractivity contribution < 1.29 is 9.59 Å². The number of carbonyl (C=O) groups excluding carboxylic acids is 2. The van der Waals surface area contributed by atoms with E-state index < -0.39 is 0 Å². The summed E-state index contributed by atoms with van der Waals surface area (Å²) in [4.78, 5) is 26.4. The smallest absolute Gasteiger partial charge is 0.231 e. The molecule has 2 aromatic rings.